The maximum Gasteiger partial charge on any atom is 0.159 e. The van der Waals surface area contributed by atoms with Crippen molar-refractivity contribution in [2.45, 2.75) is 39.1 Å². The molecule has 0 aliphatic heterocycles. The minimum absolute atomic E-state index is 0.123. The molecule has 1 atom stereocenters. The van der Waals surface area contributed by atoms with Gasteiger partial charge in [0, 0.05) is 16.8 Å². The largest absolute Gasteiger partial charge is 0.306 e. The lowest BCUT2D eigenvalue weighted by Gasteiger charge is -2.09. The van der Waals surface area contributed by atoms with E-state index in [1.165, 1.54) is 9.75 Å². The summed E-state index contributed by atoms with van der Waals surface area (Å²) in [6.45, 7) is 6.94. The van der Waals surface area contributed by atoms with Crippen molar-refractivity contribution in [3.05, 3.63) is 33.4 Å². The van der Waals surface area contributed by atoms with Gasteiger partial charge in [-0.05, 0) is 32.4 Å². The number of hydrogen-bond acceptors (Lipinski definition) is 3. The predicted molar refractivity (Wildman–Crippen MR) is 88.3 cm³/mol. The van der Waals surface area contributed by atoms with Crippen LogP contribution in [0.25, 0.3) is 11.2 Å². The van der Waals surface area contributed by atoms with Crippen LogP contribution in [0.3, 0.4) is 0 Å². The fourth-order valence-corrected chi connectivity index (χ4v) is 3.78. The summed E-state index contributed by atoms with van der Waals surface area (Å²) in [5.41, 5.74) is 2.94. The second kappa shape index (κ2) is 5.46. The molecule has 0 fully saturated rings. The molecular weight excluding hydrogens is 304 g/mol. The lowest BCUT2D eigenvalue weighted by atomic mass is 10.3. The first kappa shape index (κ1) is 14.6. The summed E-state index contributed by atoms with van der Waals surface area (Å²) in [6, 6.07) is 4.40. The van der Waals surface area contributed by atoms with Gasteiger partial charge in [-0.2, -0.15) is 5.10 Å². The Hall–Kier alpha value is -1.33. The summed E-state index contributed by atoms with van der Waals surface area (Å²) < 4.78 is 4.09. The first-order valence-corrected chi connectivity index (χ1v) is 8.38. The van der Waals surface area contributed by atoms with Crippen LogP contribution in [0.2, 0.25) is 0 Å². The van der Waals surface area contributed by atoms with E-state index in [4.69, 9.17) is 16.6 Å². The standard InChI is InChI=1S/C15H19ClN4S/c1-5-11-6-7-12(21-11)8-20-14(9(2)16)17-13-10(3)18-19(4)15(13)20/h6-7,9H,5,8H2,1-4H3. The van der Waals surface area contributed by atoms with E-state index < -0.39 is 0 Å². The van der Waals surface area contributed by atoms with Crippen LogP contribution in [-0.2, 0) is 20.0 Å². The van der Waals surface area contributed by atoms with Crippen LogP contribution in [0.15, 0.2) is 12.1 Å². The molecule has 0 aliphatic carbocycles. The molecule has 0 bridgehead atoms. The summed E-state index contributed by atoms with van der Waals surface area (Å²) in [4.78, 5) is 7.44. The Balaban J connectivity index is 2.12. The molecule has 0 spiro atoms. The van der Waals surface area contributed by atoms with Gasteiger partial charge in [0.05, 0.1) is 17.6 Å². The molecule has 3 rings (SSSR count). The highest BCUT2D eigenvalue weighted by atomic mass is 35.5. The van der Waals surface area contributed by atoms with Gasteiger partial charge in [0.1, 0.15) is 11.3 Å². The van der Waals surface area contributed by atoms with E-state index in [0.717, 1.165) is 35.6 Å². The first-order chi connectivity index (χ1) is 10.0. The number of halogens is 1. The summed E-state index contributed by atoms with van der Waals surface area (Å²) in [5.74, 6) is 0.911. The summed E-state index contributed by atoms with van der Waals surface area (Å²) in [7, 11) is 1.96. The number of fused-ring (bicyclic) bond motifs is 1. The van der Waals surface area contributed by atoms with E-state index in [1.807, 2.05) is 36.9 Å². The molecule has 0 saturated carbocycles. The van der Waals surface area contributed by atoms with E-state index >= 15 is 0 Å². The number of aromatic nitrogens is 4. The van der Waals surface area contributed by atoms with E-state index in [9.17, 15) is 0 Å². The summed E-state index contributed by atoms with van der Waals surface area (Å²) >= 11 is 8.18. The molecule has 0 aliphatic rings. The zero-order valence-corrected chi connectivity index (χ0v) is 14.3. The molecule has 3 aromatic heterocycles. The highest BCUT2D eigenvalue weighted by molar-refractivity contribution is 7.11. The third-order valence-electron chi connectivity index (χ3n) is 3.66. The van der Waals surface area contributed by atoms with Crippen molar-refractivity contribution in [2.24, 2.45) is 7.05 Å². The van der Waals surface area contributed by atoms with Crippen LogP contribution in [-0.4, -0.2) is 19.3 Å². The molecule has 0 N–H and O–H groups in total. The van der Waals surface area contributed by atoms with E-state index in [1.54, 1.807) is 0 Å². The van der Waals surface area contributed by atoms with Crippen molar-refractivity contribution in [3.63, 3.8) is 0 Å². The van der Waals surface area contributed by atoms with Crippen LogP contribution in [0, 0.1) is 6.92 Å². The van der Waals surface area contributed by atoms with Gasteiger partial charge in [0.15, 0.2) is 5.65 Å². The molecule has 0 amide bonds. The zero-order valence-electron chi connectivity index (χ0n) is 12.7. The maximum atomic E-state index is 6.33. The van der Waals surface area contributed by atoms with Crippen molar-refractivity contribution in [3.8, 4) is 0 Å². The number of rotatable bonds is 4. The fraction of sp³-hybridized carbons (Fsp3) is 0.467. The van der Waals surface area contributed by atoms with Crippen LogP contribution in [0.1, 0.15) is 40.5 Å². The van der Waals surface area contributed by atoms with Gasteiger partial charge >= 0.3 is 0 Å². The second-order valence-corrected chi connectivity index (χ2v) is 7.18. The monoisotopic (exact) mass is 322 g/mol. The van der Waals surface area contributed by atoms with Gasteiger partial charge in [-0.15, -0.1) is 22.9 Å². The molecule has 3 heterocycles. The number of thiophene rings is 1. The van der Waals surface area contributed by atoms with Crippen LogP contribution >= 0.6 is 22.9 Å². The number of nitrogens with zero attached hydrogens (tertiary/aromatic N) is 4. The fourth-order valence-electron chi connectivity index (χ4n) is 2.66. The van der Waals surface area contributed by atoms with E-state index in [0.29, 0.717) is 0 Å². The Labute approximate surface area is 133 Å². The molecule has 21 heavy (non-hydrogen) atoms. The Bertz CT molecular complexity index is 781. The van der Waals surface area contributed by atoms with Crippen molar-refractivity contribution < 1.29 is 0 Å². The molecule has 3 aromatic rings. The molecule has 0 saturated heterocycles. The highest BCUT2D eigenvalue weighted by Gasteiger charge is 2.20. The van der Waals surface area contributed by atoms with Gasteiger partial charge in [-0.25, -0.2) is 4.98 Å². The SMILES string of the molecule is CCc1ccc(Cn2c(C(C)Cl)nc3c(C)nn(C)c32)s1. The molecular formula is C15H19ClN4S. The van der Waals surface area contributed by atoms with E-state index in [2.05, 4.69) is 28.7 Å². The van der Waals surface area contributed by atoms with Crippen LogP contribution in [0.5, 0.6) is 0 Å². The molecule has 0 aromatic carbocycles. The van der Waals surface area contributed by atoms with Crippen molar-refractivity contribution in [1.82, 2.24) is 19.3 Å². The third-order valence-corrected chi connectivity index (χ3v) is 5.06. The summed E-state index contributed by atoms with van der Waals surface area (Å²) in [6.07, 6.45) is 1.08. The van der Waals surface area contributed by atoms with Crippen molar-refractivity contribution >= 4 is 34.1 Å². The maximum absolute atomic E-state index is 6.33. The minimum Gasteiger partial charge on any atom is -0.306 e. The highest BCUT2D eigenvalue weighted by Crippen LogP contribution is 2.28. The van der Waals surface area contributed by atoms with Crippen molar-refractivity contribution in [1.29, 1.82) is 0 Å². The van der Waals surface area contributed by atoms with E-state index in [-0.39, 0.29) is 5.38 Å². The van der Waals surface area contributed by atoms with Gasteiger partial charge in [-0.3, -0.25) is 4.68 Å². The summed E-state index contributed by atoms with van der Waals surface area (Å²) in [5, 5.41) is 4.35. The van der Waals surface area contributed by atoms with Gasteiger partial charge < -0.3 is 4.57 Å². The van der Waals surface area contributed by atoms with Crippen LogP contribution in [0.4, 0.5) is 0 Å². The number of aryl methyl sites for hydroxylation is 3. The normalized spacial score (nSPS) is 13.2. The lowest BCUT2D eigenvalue weighted by Crippen LogP contribution is -2.08. The predicted octanol–water partition coefficient (Wildman–Crippen LogP) is 4.05. The Kier molecular flexibility index (Phi) is 3.80. The molecule has 112 valence electrons. The Morgan fingerprint density at radius 3 is 2.67 bits per heavy atom. The van der Waals surface area contributed by atoms with Gasteiger partial charge in [-0.1, -0.05) is 6.92 Å². The number of alkyl halides is 1. The minimum atomic E-state index is -0.123. The molecule has 6 heteroatoms. The zero-order chi connectivity index (χ0) is 15.1. The Morgan fingerprint density at radius 1 is 1.33 bits per heavy atom. The Morgan fingerprint density at radius 2 is 2.05 bits per heavy atom. The van der Waals surface area contributed by atoms with Gasteiger partial charge in [0.2, 0.25) is 0 Å². The average molecular weight is 323 g/mol. The third kappa shape index (κ3) is 2.49. The first-order valence-electron chi connectivity index (χ1n) is 7.12. The average Bonchev–Trinajstić information content (AvgIpc) is 3.08. The topological polar surface area (TPSA) is 35.6 Å². The second-order valence-electron chi connectivity index (χ2n) is 5.27. The number of hydrogen-bond donors (Lipinski definition) is 0. The van der Waals surface area contributed by atoms with Crippen molar-refractivity contribution in [2.75, 3.05) is 0 Å². The van der Waals surface area contributed by atoms with Crippen LogP contribution < -0.4 is 0 Å². The smallest absolute Gasteiger partial charge is 0.159 e. The molecule has 4 nitrogen and oxygen atoms in total. The molecule has 0 radical (unpaired) electrons. The number of imidazole rings is 1. The lowest BCUT2D eigenvalue weighted by molar-refractivity contribution is 0.691. The molecule has 1 unspecified atom stereocenters. The van der Waals surface area contributed by atoms with Gasteiger partial charge in [0.25, 0.3) is 0 Å². The quantitative estimate of drug-likeness (QED) is 0.679.